The lowest BCUT2D eigenvalue weighted by Gasteiger charge is -2.17. The molecule has 0 spiro atoms. The zero-order chi connectivity index (χ0) is 15.4. The first-order valence-electron chi connectivity index (χ1n) is 6.87. The smallest absolute Gasteiger partial charge is 0.162 e. The number of benzene rings is 2. The van der Waals surface area contributed by atoms with Crippen LogP contribution in [-0.4, -0.2) is 11.7 Å². The Bertz CT molecular complexity index is 626. The molecule has 0 aliphatic heterocycles. The van der Waals surface area contributed by atoms with Gasteiger partial charge in [-0.1, -0.05) is 23.8 Å². The summed E-state index contributed by atoms with van der Waals surface area (Å²) in [6.45, 7) is 4.22. The van der Waals surface area contributed by atoms with E-state index < -0.39 is 17.7 Å². The topological polar surface area (TPSA) is 29.5 Å². The average molecular weight is 292 g/mol. The molecule has 0 amide bonds. The van der Waals surface area contributed by atoms with E-state index in [-0.39, 0.29) is 12.0 Å². The number of halogens is 2. The van der Waals surface area contributed by atoms with Gasteiger partial charge in [-0.05, 0) is 37.6 Å². The third kappa shape index (κ3) is 3.58. The highest BCUT2D eigenvalue weighted by molar-refractivity contribution is 5.39. The molecule has 0 heterocycles. The summed E-state index contributed by atoms with van der Waals surface area (Å²) in [5.41, 5.74) is 1.69. The quantitative estimate of drug-likeness (QED) is 0.904. The zero-order valence-corrected chi connectivity index (χ0v) is 12.1. The molecule has 2 nitrogen and oxygen atoms in total. The summed E-state index contributed by atoms with van der Waals surface area (Å²) in [7, 11) is 0. The highest BCUT2D eigenvalue weighted by Gasteiger charge is 2.17. The summed E-state index contributed by atoms with van der Waals surface area (Å²) in [4.78, 5) is 0. The third-order valence-corrected chi connectivity index (χ3v) is 3.27. The molecule has 0 aliphatic rings. The lowest BCUT2D eigenvalue weighted by Crippen LogP contribution is -2.07. The van der Waals surface area contributed by atoms with E-state index in [1.807, 2.05) is 19.9 Å². The van der Waals surface area contributed by atoms with Crippen molar-refractivity contribution < 1.29 is 18.6 Å². The summed E-state index contributed by atoms with van der Waals surface area (Å²) in [5.74, 6) is -1.26. The van der Waals surface area contributed by atoms with Gasteiger partial charge < -0.3 is 9.84 Å². The minimum Gasteiger partial charge on any atom is -0.493 e. The van der Waals surface area contributed by atoms with Crippen LogP contribution in [0.4, 0.5) is 8.78 Å². The molecule has 0 fully saturated rings. The fourth-order valence-corrected chi connectivity index (χ4v) is 2.24. The van der Waals surface area contributed by atoms with Crippen LogP contribution < -0.4 is 4.74 Å². The van der Waals surface area contributed by atoms with E-state index in [1.54, 1.807) is 12.1 Å². The van der Waals surface area contributed by atoms with Gasteiger partial charge in [0.1, 0.15) is 5.75 Å². The molecule has 21 heavy (non-hydrogen) atoms. The summed E-state index contributed by atoms with van der Waals surface area (Å²) >= 11 is 0. The monoisotopic (exact) mass is 292 g/mol. The van der Waals surface area contributed by atoms with E-state index in [4.69, 9.17) is 4.74 Å². The number of ether oxygens (including phenoxy) is 1. The van der Waals surface area contributed by atoms with E-state index >= 15 is 0 Å². The van der Waals surface area contributed by atoms with Gasteiger partial charge in [0.15, 0.2) is 11.6 Å². The largest absolute Gasteiger partial charge is 0.493 e. The minimum atomic E-state index is -0.956. The van der Waals surface area contributed by atoms with E-state index in [2.05, 4.69) is 0 Å². The molecule has 4 heteroatoms. The lowest BCUT2D eigenvalue weighted by molar-refractivity contribution is 0.170. The third-order valence-electron chi connectivity index (χ3n) is 3.27. The van der Waals surface area contributed by atoms with E-state index in [1.165, 1.54) is 12.1 Å². The van der Waals surface area contributed by atoms with Crippen LogP contribution in [0.5, 0.6) is 5.75 Å². The van der Waals surface area contributed by atoms with Gasteiger partial charge in [0, 0.05) is 12.0 Å². The summed E-state index contributed by atoms with van der Waals surface area (Å²) in [5, 5.41) is 10.4. The Morgan fingerprint density at radius 2 is 1.95 bits per heavy atom. The molecule has 1 N–H and O–H groups in total. The number of hydrogen-bond donors (Lipinski definition) is 1. The lowest BCUT2D eigenvalue weighted by atomic mass is 9.98. The maximum Gasteiger partial charge on any atom is 0.162 e. The van der Waals surface area contributed by atoms with Gasteiger partial charge in [-0.25, -0.2) is 8.78 Å². The van der Waals surface area contributed by atoms with Gasteiger partial charge in [0.2, 0.25) is 0 Å². The number of aliphatic hydroxyl groups is 1. The van der Waals surface area contributed by atoms with Gasteiger partial charge in [-0.2, -0.15) is 0 Å². The molecule has 0 saturated heterocycles. The molecule has 2 aromatic rings. The summed E-state index contributed by atoms with van der Waals surface area (Å²) in [6.07, 6.45) is -0.963. The average Bonchev–Trinajstić information content (AvgIpc) is 2.46. The van der Waals surface area contributed by atoms with Crippen LogP contribution in [-0.2, 0) is 6.42 Å². The Hall–Kier alpha value is -1.94. The predicted molar refractivity (Wildman–Crippen MR) is 77.4 cm³/mol. The van der Waals surface area contributed by atoms with Gasteiger partial charge >= 0.3 is 0 Å². The van der Waals surface area contributed by atoms with Gasteiger partial charge in [0.05, 0.1) is 12.7 Å². The molecular weight excluding hydrogens is 274 g/mol. The maximum atomic E-state index is 13.7. The molecule has 1 unspecified atom stereocenters. The number of aliphatic hydroxyl groups excluding tert-OH is 1. The Balaban J connectivity index is 2.29. The standard InChI is InChI=1S/C17H18F2O2/c1-3-21-16-8-7-11(2)9-13(16)15(20)10-12-5-4-6-14(18)17(12)19/h4-9,15,20H,3,10H2,1-2H3. The van der Waals surface area contributed by atoms with Crippen molar-refractivity contribution in [2.24, 2.45) is 0 Å². The maximum absolute atomic E-state index is 13.7. The molecule has 0 aliphatic carbocycles. The molecule has 0 bridgehead atoms. The van der Waals surface area contributed by atoms with Crippen LogP contribution in [0.15, 0.2) is 36.4 Å². The molecule has 1 atom stereocenters. The van der Waals surface area contributed by atoms with Crippen LogP contribution >= 0.6 is 0 Å². The van der Waals surface area contributed by atoms with Crippen molar-refractivity contribution in [1.82, 2.24) is 0 Å². The summed E-state index contributed by atoms with van der Waals surface area (Å²) < 4.78 is 32.4. The molecule has 112 valence electrons. The van der Waals surface area contributed by atoms with Crippen LogP contribution in [0.3, 0.4) is 0 Å². The van der Waals surface area contributed by atoms with E-state index in [0.29, 0.717) is 17.9 Å². The van der Waals surface area contributed by atoms with Crippen LogP contribution in [0.2, 0.25) is 0 Å². The first kappa shape index (κ1) is 15.4. The SMILES string of the molecule is CCOc1ccc(C)cc1C(O)Cc1cccc(F)c1F. The van der Waals surface area contributed by atoms with Crippen LogP contribution in [0.1, 0.15) is 29.7 Å². The summed E-state index contributed by atoms with van der Waals surface area (Å²) in [6, 6.07) is 9.41. The molecule has 0 aromatic heterocycles. The Morgan fingerprint density at radius 1 is 1.19 bits per heavy atom. The highest BCUT2D eigenvalue weighted by Crippen LogP contribution is 2.29. The first-order valence-corrected chi connectivity index (χ1v) is 6.87. The second-order valence-corrected chi connectivity index (χ2v) is 4.91. The number of rotatable bonds is 5. The van der Waals surface area contributed by atoms with Crippen molar-refractivity contribution in [3.8, 4) is 5.75 Å². The van der Waals surface area contributed by atoms with Gasteiger partial charge in [0.25, 0.3) is 0 Å². The molecule has 0 saturated carbocycles. The van der Waals surface area contributed by atoms with E-state index in [9.17, 15) is 13.9 Å². The van der Waals surface area contributed by atoms with Crippen LogP contribution in [0.25, 0.3) is 0 Å². The highest BCUT2D eigenvalue weighted by atomic mass is 19.2. The molecular formula is C17H18F2O2. The second-order valence-electron chi connectivity index (χ2n) is 4.91. The number of aryl methyl sites for hydroxylation is 1. The van der Waals surface area contributed by atoms with E-state index in [0.717, 1.165) is 11.6 Å². The van der Waals surface area contributed by atoms with Crippen molar-refractivity contribution in [2.75, 3.05) is 6.61 Å². The van der Waals surface area contributed by atoms with Crippen LogP contribution in [0, 0.1) is 18.6 Å². The van der Waals surface area contributed by atoms with Crippen molar-refractivity contribution >= 4 is 0 Å². The fraction of sp³-hybridized carbons (Fsp3) is 0.294. The number of hydrogen-bond acceptors (Lipinski definition) is 2. The fourth-order valence-electron chi connectivity index (χ4n) is 2.24. The van der Waals surface area contributed by atoms with Crippen molar-refractivity contribution in [3.63, 3.8) is 0 Å². The normalized spacial score (nSPS) is 12.2. The van der Waals surface area contributed by atoms with Crippen molar-refractivity contribution in [1.29, 1.82) is 0 Å². The molecule has 2 aromatic carbocycles. The van der Waals surface area contributed by atoms with Crippen molar-refractivity contribution in [3.05, 3.63) is 64.7 Å². The Kier molecular flexibility index (Phi) is 4.91. The minimum absolute atomic E-state index is 0.00682. The molecule has 0 radical (unpaired) electrons. The van der Waals surface area contributed by atoms with Gasteiger partial charge in [-0.15, -0.1) is 0 Å². The predicted octanol–water partition coefficient (Wildman–Crippen LogP) is 3.95. The zero-order valence-electron chi connectivity index (χ0n) is 12.1. The first-order chi connectivity index (χ1) is 10.0. The Labute approximate surface area is 123 Å². The molecule has 2 rings (SSSR count). The van der Waals surface area contributed by atoms with Gasteiger partial charge in [-0.3, -0.25) is 0 Å². The van der Waals surface area contributed by atoms with Crippen molar-refractivity contribution in [2.45, 2.75) is 26.4 Å². The Morgan fingerprint density at radius 3 is 2.67 bits per heavy atom. The second kappa shape index (κ2) is 6.68.